The Morgan fingerprint density at radius 1 is 1.40 bits per heavy atom. The second-order valence-electron chi connectivity index (χ2n) is 4.48. The van der Waals surface area contributed by atoms with Crippen molar-refractivity contribution < 1.29 is 23.1 Å². The highest BCUT2D eigenvalue weighted by atomic mass is 19.4. The third-order valence-corrected chi connectivity index (χ3v) is 2.83. The number of carboxylic acids is 1. The first-order chi connectivity index (χ1) is 9.25. The van der Waals surface area contributed by atoms with Gasteiger partial charge in [0.1, 0.15) is 0 Å². The molecule has 1 aromatic carbocycles. The van der Waals surface area contributed by atoms with Gasteiger partial charge in [-0.15, -0.1) is 6.58 Å². The fourth-order valence-electron chi connectivity index (χ4n) is 1.71. The van der Waals surface area contributed by atoms with Crippen LogP contribution < -0.4 is 4.90 Å². The lowest BCUT2D eigenvalue weighted by Crippen LogP contribution is -2.32. The largest absolute Gasteiger partial charge is 0.481 e. The highest BCUT2D eigenvalue weighted by Crippen LogP contribution is 2.30. The fourth-order valence-corrected chi connectivity index (χ4v) is 1.71. The molecule has 1 rings (SSSR count). The summed E-state index contributed by atoms with van der Waals surface area (Å²) in [5.74, 6) is -1.58. The molecule has 0 aliphatic carbocycles. The minimum Gasteiger partial charge on any atom is -0.481 e. The molecular weight excluding hydrogens is 271 g/mol. The van der Waals surface area contributed by atoms with E-state index in [0.717, 1.165) is 12.1 Å². The summed E-state index contributed by atoms with van der Waals surface area (Å²) in [6.07, 6.45) is -2.80. The maximum Gasteiger partial charge on any atom is 0.416 e. The minimum absolute atomic E-state index is 0.201. The van der Waals surface area contributed by atoms with Gasteiger partial charge in [0.25, 0.3) is 0 Å². The first-order valence-corrected chi connectivity index (χ1v) is 6.01. The Bertz CT molecular complexity index is 468. The number of hydrogen-bond donors (Lipinski definition) is 1. The molecule has 0 amide bonds. The molecule has 1 unspecified atom stereocenters. The van der Waals surface area contributed by atoms with E-state index in [0.29, 0.717) is 12.2 Å². The second kappa shape index (κ2) is 6.45. The number of carboxylic acid groups (broad SMARTS) is 1. The predicted molar refractivity (Wildman–Crippen MR) is 70.7 cm³/mol. The van der Waals surface area contributed by atoms with Crippen LogP contribution in [-0.4, -0.2) is 24.2 Å². The lowest BCUT2D eigenvalue weighted by molar-refractivity contribution is -0.140. The summed E-state index contributed by atoms with van der Waals surface area (Å²) in [4.78, 5) is 12.5. The van der Waals surface area contributed by atoms with Crippen LogP contribution >= 0.6 is 0 Å². The van der Waals surface area contributed by atoms with E-state index in [1.165, 1.54) is 12.1 Å². The van der Waals surface area contributed by atoms with Gasteiger partial charge in [-0.1, -0.05) is 13.0 Å². The highest BCUT2D eigenvalue weighted by Gasteiger charge is 2.30. The third-order valence-electron chi connectivity index (χ3n) is 2.83. The smallest absolute Gasteiger partial charge is 0.416 e. The number of anilines is 1. The lowest BCUT2D eigenvalue weighted by Gasteiger charge is -2.25. The standard InChI is InChI=1S/C14H16F3NO2/c1-3-8-18(9-10(2)13(19)20)12-6-4-11(5-7-12)14(15,16)17/h3-7,10H,1,8-9H2,2H3,(H,19,20). The van der Waals surface area contributed by atoms with Crippen LogP contribution in [0.25, 0.3) is 0 Å². The van der Waals surface area contributed by atoms with Gasteiger partial charge in [0.2, 0.25) is 0 Å². The Kier molecular flexibility index (Phi) is 5.19. The molecule has 0 bridgehead atoms. The van der Waals surface area contributed by atoms with Gasteiger partial charge in [-0.25, -0.2) is 0 Å². The van der Waals surface area contributed by atoms with Crippen molar-refractivity contribution in [3.8, 4) is 0 Å². The number of aliphatic carboxylic acids is 1. The summed E-state index contributed by atoms with van der Waals surface area (Å²) in [6, 6.07) is 4.63. The molecule has 1 atom stereocenters. The molecule has 0 aliphatic heterocycles. The molecule has 20 heavy (non-hydrogen) atoms. The van der Waals surface area contributed by atoms with Crippen LogP contribution in [0.15, 0.2) is 36.9 Å². The fraction of sp³-hybridized carbons (Fsp3) is 0.357. The Hall–Kier alpha value is -1.98. The van der Waals surface area contributed by atoms with Crippen molar-refractivity contribution in [2.24, 2.45) is 5.92 Å². The molecule has 0 saturated heterocycles. The Balaban J connectivity index is 2.92. The third kappa shape index (κ3) is 4.29. The Labute approximate surface area is 115 Å². The molecule has 1 aromatic rings. The number of alkyl halides is 3. The van der Waals surface area contributed by atoms with E-state index in [9.17, 15) is 18.0 Å². The van der Waals surface area contributed by atoms with E-state index in [2.05, 4.69) is 6.58 Å². The van der Waals surface area contributed by atoms with Crippen molar-refractivity contribution in [2.45, 2.75) is 13.1 Å². The Morgan fingerprint density at radius 3 is 2.35 bits per heavy atom. The molecule has 6 heteroatoms. The molecule has 0 spiro atoms. The van der Waals surface area contributed by atoms with Crippen molar-refractivity contribution in [1.29, 1.82) is 0 Å². The molecular formula is C14H16F3NO2. The topological polar surface area (TPSA) is 40.5 Å². The van der Waals surface area contributed by atoms with Gasteiger partial charge in [0.15, 0.2) is 0 Å². The molecule has 0 radical (unpaired) electrons. The van der Waals surface area contributed by atoms with E-state index < -0.39 is 23.6 Å². The molecule has 0 saturated carbocycles. The van der Waals surface area contributed by atoms with E-state index >= 15 is 0 Å². The Morgan fingerprint density at radius 2 is 1.95 bits per heavy atom. The van der Waals surface area contributed by atoms with Crippen LogP contribution in [0.5, 0.6) is 0 Å². The van der Waals surface area contributed by atoms with Gasteiger partial charge in [0.05, 0.1) is 11.5 Å². The van der Waals surface area contributed by atoms with E-state index in [4.69, 9.17) is 5.11 Å². The van der Waals surface area contributed by atoms with Crippen LogP contribution in [0.3, 0.4) is 0 Å². The number of hydrogen-bond acceptors (Lipinski definition) is 2. The van der Waals surface area contributed by atoms with Crippen LogP contribution in [0, 0.1) is 5.92 Å². The predicted octanol–water partition coefficient (Wildman–Crippen LogP) is 3.42. The van der Waals surface area contributed by atoms with E-state index in [1.807, 2.05) is 0 Å². The van der Waals surface area contributed by atoms with Gasteiger partial charge >= 0.3 is 12.1 Å². The quantitative estimate of drug-likeness (QED) is 0.815. The van der Waals surface area contributed by atoms with Gasteiger partial charge in [-0.2, -0.15) is 13.2 Å². The maximum atomic E-state index is 12.5. The van der Waals surface area contributed by atoms with Crippen LogP contribution in [0.1, 0.15) is 12.5 Å². The molecule has 0 aromatic heterocycles. The lowest BCUT2D eigenvalue weighted by atomic mass is 10.1. The van der Waals surface area contributed by atoms with E-state index in [1.54, 1.807) is 17.9 Å². The molecule has 0 heterocycles. The second-order valence-corrected chi connectivity index (χ2v) is 4.48. The first-order valence-electron chi connectivity index (χ1n) is 6.01. The SMILES string of the molecule is C=CCN(CC(C)C(=O)O)c1ccc(C(F)(F)F)cc1. The molecule has 110 valence electrons. The van der Waals surface area contributed by atoms with Gasteiger partial charge < -0.3 is 10.0 Å². The summed E-state index contributed by atoms with van der Waals surface area (Å²) in [5, 5.41) is 8.90. The van der Waals surface area contributed by atoms with Crippen LogP contribution in [0.4, 0.5) is 18.9 Å². The molecule has 1 N–H and O–H groups in total. The van der Waals surface area contributed by atoms with Crippen LogP contribution in [-0.2, 0) is 11.0 Å². The normalized spacial score (nSPS) is 12.8. The van der Waals surface area contributed by atoms with Crippen molar-refractivity contribution in [3.63, 3.8) is 0 Å². The highest BCUT2D eigenvalue weighted by molar-refractivity contribution is 5.70. The summed E-state index contributed by atoms with van der Waals surface area (Å²) < 4.78 is 37.4. The number of carbonyl (C=O) groups is 1. The van der Waals surface area contributed by atoms with E-state index in [-0.39, 0.29) is 6.54 Å². The summed E-state index contributed by atoms with van der Waals surface area (Å²) in [7, 11) is 0. The zero-order valence-electron chi connectivity index (χ0n) is 11.0. The average Bonchev–Trinajstić information content (AvgIpc) is 2.37. The van der Waals surface area contributed by atoms with Gasteiger partial charge in [-0.05, 0) is 24.3 Å². The number of benzene rings is 1. The van der Waals surface area contributed by atoms with Crippen molar-refractivity contribution >= 4 is 11.7 Å². The van der Waals surface area contributed by atoms with Crippen molar-refractivity contribution in [1.82, 2.24) is 0 Å². The zero-order valence-corrected chi connectivity index (χ0v) is 11.0. The maximum absolute atomic E-state index is 12.5. The zero-order chi connectivity index (χ0) is 15.3. The average molecular weight is 287 g/mol. The minimum atomic E-state index is -4.38. The van der Waals surface area contributed by atoms with Gasteiger partial charge in [-0.3, -0.25) is 4.79 Å². The van der Waals surface area contributed by atoms with Crippen LogP contribution in [0.2, 0.25) is 0 Å². The molecule has 3 nitrogen and oxygen atoms in total. The van der Waals surface area contributed by atoms with Crippen molar-refractivity contribution in [3.05, 3.63) is 42.5 Å². The monoisotopic (exact) mass is 287 g/mol. The number of halogens is 3. The summed E-state index contributed by atoms with van der Waals surface area (Å²) in [6.45, 7) is 5.68. The molecule has 0 fully saturated rings. The summed E-state index contributed by atoms with van der Waals surface area (Å²) in [5.41, 5.74) is -0.197. The summed E-state index contributed by atoms with van der Waals surface area (Å²) >= 11 is 0. The first kappa shape index (κ1) is 16.1. The number of rotatable bonds is 6. The van der Waals surface area contributed by atoms with Crippen molar-refractivity contribution in [2.75, 3.05) is 18.0 Å². The molecule has 0 aliphatic rings. The van der Waals surface area contributed by atoms with Gasteiger partial charge in [0, 0.05) is 18.8 Å². The number of nitrogens with zero attached hydrogens (tertiary/aromatic N) is 1.